The first kappa shape index (κ1) is 19.6. The molecule has 2 aromatic carbocycles. The molecule has 0 unspecified atom stereocenters. The summed E-state index contributed by atoms with van der Waals surface area (Å²) < 4.78 is 11.0. The molecule has 0 fully saturated rings. The second-order valence-corrected chi connectivity index (χ2v) is 6.16. The molecule has 0 atom stereocenters. The number of phenols is 1. The predicted molar refractivity (Wildman–Crippen MR) is 109 cm³/mol. The number of carbonyl (C=O) groups is 1. The fourth-order valence-electron chi connectivity index (χ4n) is 2.75. The molecule has 0 bridgehead atoms. The minimum atomic E-state index is -0.640. The number of hydrazone groups is 1. The molecule has 0 aliphatic rings. The summed E-state index contributed by atoms with van der Waals surface area (Å²) >= 11 is 0. The average molecular weight is 420 g/mol. The van der Waals surface area contributed by atoms with Crippen molar-refractivity contribution in [3.05, 3.63) is 59.8 Å². The van der Waals surface area contributed by atoms with Gasteiger partial charge >= 0.3 is 0 Å². The number of ether oxygens (including phenoxy) is 1. The first-order valence-electron chi connectivity index (χ1n) is 8.88. The number of hydrogen-bond donors (Lipinski definition) is 3. The number of nitrogens with one attached hydrogen (secondary N) is 1. The number of nitrogens with two attached hydrogens (primary N) is 1. The third-order valence-electron chi connectivity index (χ3n) is 4.23. The van der Waals surface area contributed by atoms with Gasteiger partial charge in [0.15, 0.2) is 5.69 Å². The normalized spacial score (nSPS) is 11.0. The molecule has 4 rings (SSSR count). The number of aromatic hydroxyl groups is 1. The molecule has 2 heterocycles. The van der Waals surface area contributed by atoms with Crippen molar-refractivity contribution in [3.8, 4) is 28.6 Å². The average Bonchev–Trinajstić information content (AvgIpc) is 3.41. The van der Waals surface area contributed by atoms with Gasteiger partial charge in [0.05, 0.1) is 13.3 Å². The van der Waals surface area contributed by atoms with Crippen LogP contribution in [0.2, 0.25) is 0 Å². The van der Waals surface area contributed by atoms with E-state index in [4.69, 9.17) is 10.5 Å². The summed E-state index contributed by atoms with van der Waals surface area (Å²) in [6, 6.07) is 13.6. The van der Waals surface area contributed by atoms with Crippen LogP contribution in [0.1, 0.15) is 16.1 Å². The number of rotatable bonds is 6. The number of anilines is 1. The Kier molecular flexibility index (Phi) is 5.26. The lowest BCUT2D eigenvalue weighted by Gasteiger charge is -2.05. The zero-order valence-corrected chi connectivity index (χ0v) is 16.1. The minimum absolute atomic E-state index is 0.0134. The van der Waals surface area contributed by atoms with Gasteiger partial charge in [-0.05, 0) is 28.5 Å². The summed E-state index contributed by atoms with van der Waals surface area (Å²) in [6.07, 6.45) is 1.28. The van der Waals surface area contributed by atoms with Crippen LogP contribution in [0.25, 0.3) is 17.1 Å². The number of benzene rings is 2. The number of nitrogen functional groups attached to an aromatic ring is 1. The van der Waals surface area contributed by atoms with Gasteiger partial charge in [-0.1, -0.05) is 35.5 Å². The number of carbonyl (C=O) groups excluding carboxylic acids is 1. The molecule has 0 saturated carbocycles. The van der Waals surface area contributed by atoms with Crippen molar-refractivity contribution in [2.75, 3.05) is 12.8 Å². The van der Waals surface area contributed by atoms with Gasteiger partial charge in [0.25, 0.3) is 5.91 Å². The number of nitrogens with zero attached hydrogens (tertiary/aromatic N) is 6. The van der Waals surface area contributed by atoms with Crippen molar-refractivity contribution in [1.29, 1.82) is 0 Å². The summed E-state index contributed by atoms with van der Waals surface area (Å²) in [5.74, 6) is -0.0584. The highest BCUT2D eigenvalue weighted by Gasteiger charge is 2.25. The quantitative estimate of drug-likeness (QED) is 0.308. The van der Waals surface area contributed by atoms with Gasteiger partial charge in [-0.25, -0.2) is 10.1 Å². The molecule has 4 N–H and O–H groups in total. The van der Waals surface area contributed by atoms with Crippen LogP contribution < -0.4 is 15.9 Å². The largest absolute Gasteiger partial charge is 0.507 e. The van der Waals surface area contributed by atoms with E-state index in [1.165, 1.54) is 24.1 Å². The maximum atomic E-state index is 12.8. The van der Waals surface area contributed by atoms with Gasteiger partial charge in [-0.2, -0.15) is 9.78 Å². The van der Waals surface area contributed by atoms with E-state index >= 15 is 0 Å². The van der Waals surface area contributed by atoms with E-state index in [0.717, 1.165) is 0 Å². The molecule has 0 radical (unpaired) electrons. The van der Waals surface area contributed by atoms with Crippen LogP contribution in [0.3, 0.4) is 0 Å². The van der Waals surface area contributed by atoms with Crippen molar-refractivity contribution in [2.24, 2.45) is 5.10 Å². The van der Waals surface area contributed by atoms with Crippen molar-refractivity contribution in [1.82, 2.24) is 30.7 Å². The molecular formula is C19H16N8O4. The molecule has 1 amide bonds. The lowest BCUT2D eigenvalue weighted by atomic mass is 10.1. The Morgan fingerprint density at radius 3 is 2.77 bits per heavy atom. The van der Waals surface area contributed by atoms with Crippen LogP contribution in [-0.2, 0) is 0 Å². The molecule has 0 saturated heterocycles. The monoisotopic (exact) mass is 420 g/mol. The van der Waals surface area contributed by atoms with Gasteiger partial charge in [0, 0.05) is 11.1 Å². The number of amides is 1. The Hall–Kier alpha value is -4.74. The molecule has 12 nitrogen and oxygen atoms in total. The van der Waals surface area contributed by atoms with E-state index in [9.17, 15) is 9.90 Å². The van der Waals surface area contributed by atoms with Gasteiger partial charge in [0.2, 0.25) is 11.6 Å². The van der Waals surface area contributed by atoms with E-state index in [2.05, 4.69) is 35.8 Å². The van der Waals surface area contributed by atoms with Crippen molar-refractivity contribution >= 4 is 17.9 Å². The summed E-state index contributed by atoms with van der Waals surface area (Å²) in [4.78, 5) is 12.8. The standard InChI is InChI=1S/C19H16N8O4/c1-30-13-7-8-14(28)12(9-13)10-21-23-19(29)15-16(11-5-3-2-4-6-11)27(26-22-15)18-17(20)24-31-25-18/h2-10,28H,1H3,(H2,20,24)(H,23,29)/b21-10-. The Morgan fingerprint density at radius 2 is 2.06 bits per heavy atom. The van der Waals surface area contributed by atoms with Gasteiger partial charge in [-0.3, -0.25) is 4.79 Å². The Morgan fingerprint density at radius 1 is 1.26 bits per heavy atom. The van der Waals surface area contributed by atoms with Crippen LogP contribution in [-0.4, -0.2) is 49.6 Å². The summed E-state index contributed by atoms with van der Waals surface area (Å²) in [5.41, 5.74) is 9.42. The third-order valence-corrected chi connectivity index (χ3v) is 4.23. The van der Waals surface area contributed by atoms with E-state index in [0.29, 0.717) is 22.6 Å². The maximum absolute atomic E-state index is 12.8. The molecule has 156 valence electrons. The molecule has 0 aliphatic carbocycles. The number of methoxy groups -OCH3 is 1. The lowest BCUT2D eigenvalue weighted by Crippen LogP contribution is -2.19. The molecule has 12 heteroatoms. The van der Waals surface area contributed by atoms with Crippen molar-refractivity contribution in [2.45, 2.75) is 0 Å². The molecule has 0 aliphatic heterocycles. The SMILES string of the molecule is COc1ccc(O)c(/C=N\NC(=O)c2nnn(-c3nonc3N)c2-c2ccccc2)c1. The van der Waals surface area contributed by atoms with Crippen LogP contribution in [0.5, 0.6) is 11.5 Å². The zero-order chi connectivity index (χ0) is 21.8. The molecule has 0 spiro atoms. The fourth-order valence-corrected chi connectivity index (χ4v) is 2.75. The first-order valence-corrected chi connectivity index (χ1v) is 8.88. The van der Waals surface area contributed by atoms with Crippen LogP contribution >= 0.6 is 0 Å². The van der Waals surface area contributed by atoms with Gasteiger partial charge in [0.1, 0.15) is 17.2 Å². The third kappa shape index (κ3) is 3.89. The fraction of sp³-hybridized carbons (Fsp3) is 0.0526. The Bertz CT molecular complexity index is 1250. The van der Waals surface area contributed by atoms with Gasteiger partial charge < -0.3 is 15.6 Å². The highest BCUT2D eigenvalue weighted by Crippen LogP contribution is 2.26. The van der Waals surface area contributed by atoms with Crippen LogP contribution in [0.15, 0.2) is 58.3 Å². The van der Waals surface area contributed by atoms with Crippen LogP contribution in [0.4, 0.5) is 5.82 Å². The minimum Gasteiger partial charge on any atom is -0.507 e. The Balaban J connectivity index is 1.66. The van der Waals surface area contributed by atoms with E-state index in [1.54, 1.807) is 36.4 Å². The molecule has 2 aromatic heterocycles. The summed E-state index contributed by atoms with van der Waals surface area (Å²) in [6.45, 7) is 0. The molecular weight excluding hydrogens is 404 g/mol. The van der Waals surface area contributed by atoms with E-state index < -0.39 is 5.91 Å². The van der Waals surface area contributed by atoms with Crippen molar-refractivity contribution < 1.29 is 19.3 Å². The van der Waals surface area contributed by atoms with E-state index in [1.807, 2.05) is 6.07 Å². The highest BCUT2D eigenvalue weighted by molar-refractivity contribution is 5.99. The first-order chi connectivity index (χ1) is 15.1. The predicted octanol–water partition coefficient (Wildman–Crippen LogP) is 1.38. The second kappa shape index (κ2) is 8.32. The maximum Gasteiger partial charge on any atom is 0.294 e. The highest BCUT2D eigenvalue weighted by atomic mass is 16.6. The summed E-state index contributed by atoms with van der Waals surface area (Å²) in [7, 11) is 1.50. The summed E-state index contributed by atoms with van der Waals surface area (Å²) in [5, 5.41) is 29.0. The Labute approximate surface area is 174 Å². The number of phenolic OH excluding ortho intramolecular Hbond substituents is 1. The molecule has 4 aromatic rings. The van der Waals surface area contributed by atoms with E-state index in [-0.39, 0.29) is 23.1 Å². The van der Waals surface area contributed by atoms with Crippen LogP contribution in [0, 0.1) is 0 Å². The van der Waals surface area contributed by atoms with Crippen molar-refractivity contribution in [3.63, 3.8) is 0 Å². The molecule has 31 heavy (non-hydrogen) atoms. The topological polar surface area (TPSA) is 167 Å². The van der Waals surface area contributed by atoms with Gasteiger partial charge in [-0.15, -0.1) is 5.10 Å². The second-order valence-electron chi connectivity index (χ2n) is 6.16. The zero-order valence-electron chi connectivity index (χ0n) is 16.1. The number of hydrogen-bond acceptors (Lipinski definition) is 10. The lowest BCUT2D eigenvalue weighted by molar-refractivity contribution is 0.0950. The number of aromatic nitrogens is 5. The smallest absolute Gasteiger partial charge is 0.294 e.